The summed E-state index contributed by atoms with van der Waals surface area (Å²) in [6.07, 6.45) is 14.4. The highest BCUT2D eigenvalue weighted by molar-refractivity contribution is 5.98. The number of anilines is 1. The Balaban J connectivity index is 1.25. The van der Waals surface area contributed by atoms with Gasteiger partial charge < -0.3 is 21.1 Å². The van der Waals surface area contributed by atoms with Crippen LogP contribution in [0.15, 0.2) is 17.4 Å². The van der Waals surface area contributed by atoms with Crippen LogP contribution in [0.5, 0.6) is 0 Å². The normalized spacial score (nSPS) is 31.7. The highest BCUT2D eigenvalue weighted by atomic mass is 16.5. The van der Waals surface area contributed by atoms with Crippen molar-refractivity contribution >= 4 is 11.8 Å². The van der Waals surface area contributed by atoms with Crippen molar-refractivity contribution in [2.75, 3.05) is 31.6 Å². The molecule has 2 aromatic heterocycles. The van der Waals surface area contributed by atoms with Crippen LogP contribution in [0.25, 0.3) is 11.3 Å². The van der Waals surface area contributed by atoms with Crippen molar-refractivity contribution in [3.05, 3.63) is 18.0 Å². The molecule has 0 amide bonds. The Labute approximate surface area is 207 Å². The summed E-state index contributed by atoms with van der Waals surface area (Å²) in [6, 6.07) is 0.967. The lowest BCUT2D eigenvalue weighted by molar-refractivity contribution is 0.00753. The molecule has 5 N–H and O–H groups in total. The van der Waals surface area contributed by atoms with Crippen molar-refractivity contribution in [3.8, 4) is 11.3 Å². The van der Waals surface area contributed by atoms with Crippen molar-refractivity contribution in [1.82, 2.24) is 30.2 Å². The van der Waals surface area contributed by atoms with Gasteiger partial charge in [-0.3, -0.25) is 14.7 Å². The first-order valence-electron chi connectivity index (χ1n) is 13.4. The fourth-order valence-corrected chi connectivity index (χ4v) is 6.60. The van der Waals surface area contributed by atoms with E-state index in [0.717, 1.165) is 80.6 Å². The van der Waals surface area contributed by atoms with E-state index in [0.29, 0.717) is 18.0 Å². The van der Waals surface area contributed by atoms with Crippen molar-refractivity contribution < 1.29 is 4.74 Å². The van der Waals surface area contributed by atoms with Crippen LogP contribution >= 0.6 is 0 Å². The number of guanidine groups is 1. The zero-order chi connectivity index (χ0) is 23.8. The highest BCUT2D eigenvalue weighted by Crippen LogP contribution is 2.44. The van der Waals surface area contributed by atoms with Gasteiger partial charge >= 0.3 is 0 Å². The number of hydrogen-bond donors (Lipinski definition) is 4. The zero-order valence-electron chi connectivity index (χ0n) is 20.8. The molecule has 3 fully saturated rings. The number of rotatable bonds is 4. The number of aromatic amines is 1. The summed E-state index contributed by atoms with van der Waals surface area (Å²) >= 11 is 0. The van der Waals surface area contributed by atoms with Crippen LogP contribution in [-0.4, -0.2) is 69.2 Å². The van der Waals surface area contributed by atoms with E-state index in [1.807, 2.05) is 24.1 Å². The smallest absolute Gasteiger partial charge is 0.199 e. The predicted octanol–water partition coefficient (Wildman–Crippen LogP) is 2.52. The summed E-state index contributed by atoms with van der Waals surface area (Å²) < 4.78 is 7.35. The van der Waals surface area contributed by atoms with Crippen LogP contribution < -0.4 is 16.4 Å². The minimum atomic E-state index is -0.719. The van der Waals surface area contributed by atoms with E-state index in [4.69, 9.17) is 15.5 Å². The van der Waals surface area contributed by atoms with Crippen molar-refractivity contribution in [3.63, 3.8) is 0 Å². The minimum absolute atomic E-state index is 0.302. The maximum Gasteiger partial charge on any atom is 0.199 e. The number of aryl methyl sites for hydroxylation is 1. The quantitative estimate of drug-likeness (QED) is 0.529. The lowest BCUT2D eigenvalue weighted by atomic mass is 9.75. The molecule has 0 bridgehead atoms. The fraction of sp³-hybridized carbons (Fsp3) is 0.720. The summed E-state index contributed by atoms with van der Waals surface area (Å²) in [6.45, 7) is 3.85. The SMILES string of the molecule is Cn1cc(-c2[nH]nc3c2C(N)(C2CCCCC2)NC(=NC2CCC(N4CCOCC4)CC2)N3)cn1. The molecular weight excluding hydrogens is 442 g/mol. The van der Waals surface area contributed by atoms with Crippen LogP contribution in [0.1, 0.15) is 63.4 Å². The van der Waals surface area contributed by atoms with Crippen molar-refractivity contribution in [1.29, 1.82) is 0 Å². The van der Waals surface area contributed by atoms with Gasteiger partial charge in [0.2, 0.25) is 0 Å². The fourth-order valence-electron chi connectivity index (χ4n) is 6.60. The molecule has 2 aliphatic carbocycles. The number of nitrogens with one attached hydrogen (secondary N) is 3. The Bertz CT molecular complexity index is 1040. The first-order valence-corrected chi connectivity index (χ1v) is 13.4. The second kappa shape index (κ2) is 9.55. The first kappa shape index (κ1) is 23.0. The van der Waals surface area contributed by atoms with Crippen LogP contribution in [0.4, 0.5) is 5.82 Å². The number of aliphatic imine (C=N–C) groups is 1. The van der Waals surface area contributed by atoms with Crippen LogP contribution in [-0.2, 0) is 17.4 Å². The van der Waals surface area contributed by atoms with Gasteiger partial charge in [0.25, 0.3) is 0 Å². The standard InChI is InChI=1S/C25H39N9O/c1-33-16-17(15-27-33)22-21-23(32-31-22)29-24(30-25(21,26)18-5-3-2-4-6-18)28-19-7-9-20(10-8-19)34-11-13-35-14-12-34/h15-16,18-20H,2-14,26H2,1H3,(H3,28,29,30,31,32). The molecule has 2 aliphatic heterocycles. The number of ether oxygens (including phenoxy) is 1. The molecule has 0 aromatic carbocycles. The monoisotopic (exact) mass is 481 g/mol. The van der Waals surface area contributed by atoms with Gasteiger partial charge in [0.1, 0.15) is 5.66 Å². The molecule has 1 saturated heterocycles. The van der Waals surface area contributed by atoms with Crippen LogP contribution in [0.3, 0.4) is 0 Å². The summed E-state index contributed by atoms with van der Waals surface area (Å²) in [5.74, 6) is 1.88. The van der Waals surface area contributed by atoms with Gasteiger partial charge in [-0.1, -0.05) is 19.3 Å². The lowest BCUT2D eigenvalue weighted by Crippen LogP contribution is -2.62. The molecule has 4 heterocycles. The molecule has 0 spiro atoms. The Morgan fingerprint density at radius 3 is 2.57 bits per heavy atom. The van der Waals surface area contributed by atoms with Gasteiger partial charge in [0.05, 0.1) is 36.7 Å². The third kappa shape index (κ3) is 4.47. The average molecular weight is 482 g/mol. The van der Waals surface area contributed by atoms with E-state index in [1.165, 1.54) is 32.1 Å². The van der Waals surface area contributed by atoms with Gasteiger partial charge in [-0.05, 0) is 44.4 Å². The second-order valence-electron chi connectivity index (χ2n) is 10.8. The van der Waals surface area contributed by atoms with E-state index in [9.17, 15) is 0 Å². The molecule has 2 saturated carbocycles. The molecule has 190 valence electrons. The number of nitrogens with zero attached hydrogens (tertiary/aromatic N) is 5. The van der Waals surface area contributed by atoms with Gasteiger partial charge in [0.15, 0.2) is 11.8 Å². The number of nitrogens with two attached hydrogens (primary N) is 1. The number of aromatic nitrogens is 4. The summed E-state index contributed by atoms with van der Waals surface area (Å²) in [5.41, 5.74) is 9.53. The molecule has 0 radical (unpaired) electrons. The van der Waals surface area contributed by atoms with E-state index in [2.05, 4.69) is 30.8 Å². The Morgan fingerprint density at radius 2 is 1.86 bits per heavy atom. The Kier molecular flexibility index (Phi) is 6.28. The van der Waals surface area contributed by atoms with E-state index >= 15 is 0 Å². The third-order valence-corrected chi connectivity index (χ3v) is 8.52. The predicted molar refractivity (Wildman–Crippen MR) is 136 cm³/mol. The number of hydrogen-bond acceptors (Lipinski definition) is 6. The third-order valence-electron chi connectivity index (χ3n) is 8.52. The van der Waals surface area contributed by atoms with E-state index in [1.54, 1.807) is 0 Å². The van der Waals surface area contributed by atoms with Crippen LogP contribution in [0.2, 0.25) is 0 Å². The number of morpholine rings is 1. The second-order valence-corrected chi connectivity index (χ2v) is 10.8. The largest absolute Gasteiger partial charge is 0.379 e. The minimum Gasteiger partial charge on any atom is -0.379 e. The van der Waals surface area contributed by atoms with Gasteiger partial charge in [-0.2, -0.15) is 10.2 Å². The maximum atomic E-state index is 7.31. The van der Waals surface area contributed by atoms with E-state index < -0.39 is 5.66 Å². The van der Waals surface area contributed by atoms with Crippen molar-refractivity contribution in [2.45, 2.75) is 75.5 Å². The molecule has 2 aromatic rings. The Hall–Kier alpha value is -2.43. The molecule has 10 nitrogen and oxygen atoms in total. The molecule has 6 rings (SSSR count). The van der Waals surface area contributed by atoms with Gasteiger partial charge in [0, 0.05) is 37.9 Å². The van der Waals surface area contributed by atoms with E-state index in [-0.39, 0.29) is 0 Å². The molecule has 1 unspecified atom stereocenters. The summed E-state index contributed by atoms with van der Waals surface area (Å²) in [4.78, 5) is 7.76. The highest BCUT2D eigenvalue weighted by Gasteiger charge is 2.46. The molecule has 4 aliphatic rings. The topological polar surface area (TPSA) is 121 Å². The Morgan fingerprint density at radius 1 is 1.09 bits per heavy atom. The summed E-state index contributed by atoms with van der Waals surface area (Å²) in [5, 5.41) is 19.4. The molecule has 10 heteroatoms. The summed E-state index contributed by atoms with van der Waals surface area (Å²) in [7, 11) is 1.93. The van der Waals surface area contributed by atoms with Gasteiger partial charge in [-0.15, -0.1) is 0 Å². The molecule has 35 heavy (non-hydrogen) atoms. The van der Waals surface area contributed by atoms with Gasteiger partial charge in [-0.25, -0.2) is 4.99 Å². The zero-order valence-corrected chi connectivity index (χ0v) is 20.8. The molecule has 1 atom stereocenters. The number of fused-ring (bicyclic) bond motifs is 1. The first-order chi connectivity index (χ1) is 17.1. The van der Waals surface area contributed by atoms with Crippen molar-refractivity contribution in [2.24, 2.45) is 23.7 Å². The van der Waals surface area contributed by atoms with Crippen LogP contribution in [0, 0.1) is 5.92 Å². The number of H-pyrrole nitrogens is 1. The molecular formula is C25H39N9O. The maximum absolute atomic E-state index is 7.31. The average Bonchev–Trinajstić information content (AvgIpc) is 3.52. The lowest BCUT2D eigenvalue weighted by Gasteiger charge is -2.44.